The van der Waals surface area contributed by atoms with Crippen molar-refractivity contribution in [2.24, 2.45) is 5.92 Å². The van der Waals surface area contributed by atoms with Crippen molar-refractivity contribution in [3.05, 3.63) is 30.1 Å². The van der Waals surface area contributed by atoms with Gasteiger partial charge >= 0.3 is 5.97 Å². The van der Waals surface area contributed by atoms with Crippen LogP contribution in [0.25, 0.3) is 0 Å². The lowest BCUT2D eigenvalue weighted by atomic mass is 10.0. The van der Waals surface area contributed by atoms with Gasteiger partial charge in [-0.2, -0.15) is 0 Å². The number of carboxylic acids is 1. The molecular formula is C14H20FNO4S. The summed E-state index contributed by atoms with van der Waals surface area (Å²) in [4.78, 5) is 10.7. The van der Waals surface area contributed by atoms with Crippen LogP contribution in [0.15, 0.2) is 29.2 Å². The van der Waals surface area contributed by atoms with E-state index in [9.17, 15) is 17.6 Å². The lowest BCUT2D eigenvalue weighted by Crippen LogP contribution is -2.32. The van der Waals surface area contributed by atoms with Crippen LogP contribution < -0.4 is 4.72 Å². The Morgan fingerprint density at radius 1 is 1.24 bits per heavy atom. The van der Waals surface area contributed by atoms with Crippen LogP contribution in [0.3, 0.4) is 0 Å². The third-order valence-electron chi connectivity index (χ3n) is 3.18. The van der Waals surface area contributed by atoms with Gasteiger partial charge in [-0.3, -0.25) is 4.79 Å². The Hall–Kier alpha value is -1.47. The summed E-state index contributed by atoms with van der Waals surface area (Å²) < 4.78 is 39.3. The van der Waals surface area contributed by atoms with E-state index in [2.05, 4.69) is 4.72 Å². The van der Waals surface area contributed by atoms with E-state index in [0.29, 0.717) is 19.3 Å². The molecule has 0 aliphatic rings. The molecular weight excluding hydrogens is 297 g/mol. The molecule has 0 heterocycles. The highest BCUT2D eigenvalue weighted by atomic mass is 32.2. The Morgan fingerprint density at radius 3 is 2.33 bits per heavy atom. The molecule has 0 saturated heterocycles. The molecule has 2 N–H and O–H groups in total. The van der Waals surface area contributed by atoms with Crippen molar-refractivity contribution in [1.82, 2.24) is 4.72 Å². The van der Waals surface area contributed by atoms with Gasteiger partial charge in [0.2, 0.25) is 10.0 Å². The average molecular weight is 317 g/mol. The minimum absolute atomic E-state index is 0.00894. The Kier molecular flexibility index (Phi) is 6.29. The van der Waals surface area contributed by atoms with Crippen molar-refractivity contribution in [2.45, 2.75) is 44.0 Å². The molecule has 0 radical (unpaired) electrons. The van der Waals surface area contributed by atoms with Crippen molar-refractivity contribution in [3.63, 3.8) is 0 Å². The van der Waals surface area contributed by atoms with Gasteiger partial charge in [-0.05, 0) is 44.0 Å². The molecule has 0 aromatic heterocycles. The number of aliphatic carboxylic acids is 1. The summed E-state index contributed by atoms with van der Waals surface area (Å²) in [5.41, 5.74) is 0. The van der Waals surface area contributed by atoms with Crippen molar-refractivity contribution in [2.75, 3.05) is 0 Å². The zero-order chi connectivity index (χ0) is 16.0. The fourth-order valence-electron chi connectivity index (χ4n) is 1.86. The highest BCUT2D eigenvalue weighted by Crippen LogP contribution is 2.13. The van der Waals surface area contributed by atoms with Gasteiger partial charge in [0.05, 0.1) is 10.8 Å². The first-order valence-corrected chi connectivity index (χ1v) is 8.21. The van der Waals surface area contributed by atoms with E-state index in [1.165, 1.54) is 12.1 Å². The van der Waals surface area contributed by atoms with Crippen LogP contribution in [0.2, 0.25) is 0 Å². The second kappa shape index (κ2) is 7.51. The zero-order valence-corrected chi connectivity index (χ0v) is 12.9. The van der Waals surface area contributed by atoms with Gasteiger partial charge in [-0.25, -0.2) is 17.5 Å². The van der Waals surface area contributed by atoms with E-state index in [1.807, 2.05) is 0 Å². The van der Waals surface area contributed by atoms with E-state index >= 15 is 0 Å². The Labute approximate surface area is 124 Å². The molecule has 0 amide bonds. The number of hydrogen-bond donors (Lipinski definition) is 2. The third-order valence-corrected chi connectivity index (χ3v) is 4.78. The number of halogens is 1. The fraction of sp³-hybridized carbons (Fsp3) is 0.500. The first-order chi connectivity index (χ1) is 9.72. The monoisotopic (exact) mass is 317 g/mol. The maximum absolute atomic E-state index is 12.8. The summed E-state index contributed by atoms with van der Waals surface area (Å²) in [6, 6.07) is 4.27. The molecule has 21 heavy (non-hydrogen) atoms. The van der Waals surface area contributed by atoms with Crippen molar-refractivity contribution in [3.8, 4) is 0 Å². The van der Waals surface area contributed by atoms with Gasteiger partial charge in [-0.1, -0.05) is 13.3 Å². The molecule has 0 spiro atoms. The number of rotatable bonds is 8. The van der Waals surface area contributed by atoms with Gasteiger partial charge in [0, 0.05) is 6.04 Å². The summed E-state index contributed by atoms with van der Waals surface area (Å²) in [6.07, 6.45) is 1.65. The summed E-state index contributed by atoms with van der Waals surface area (Å²) in [5, 5.41) is 8.76. The first-order valence-electron chi connectivity index (χ1n) is 6.73. The van der Waals surface area contributed by atoms with Crippen LogP contribution >= 0.6 is 0 Å². The molecule has 118 valence electrons. The second-order valence-electron chi connectivity index (χ2n) is 5.15. The molecule has 1 aromatic carbocycles. The Balaban J connectivity index is 2.51. The number of carbonyl (C=O) groups is 1. The molecule has 7 heteroatoms. The molecule has 0 saturated carbocycles. The molecule has 2 unspecified atom stereocenters. The first kappa shape index (κ1) is 17.6. The Morgan fingerprint density at radius 2 is 1.81 bits per heavy atom. The summed E-state index contributed by atoms with van der Waals surface area (Å²) in [6.45, 7) is 3.34. The Bertz CT molecular complexity index is 571. The van der Waals surface area contributed by atoms with Crippen molar-refractivity contribution in [1.29, 1.82) is 0 Å². The zero-order valence-electron chi connectivity index (χ0n) is 12.0. The fourth-order valence-corrected chi connectivity index (χ4v) is 3.14. The van der Waals surface area contributed by atoms with Gasteiger partial charge in [0.15, 0.2) is 0 Å². The highest BCUT2D eigenvalue weighted by molar-refractivity contribution is 7.89. The van der Waals surface area contributed by atoms with Crippen LogP contribution in [0.4, 0.5) is 4.39 Å². The molecule has 2 atom stereocenters. The normalized spacial score (nSPS) is 14.6. The van der Waals surface area contributed by atoms with Crippen LogP contribution in [0.5, 0.6) is 0 Å². The quantitative estimate of drug-likeness (QED) is 0.771. The molecule has 5 nitrogen and oxygen atoms in total. The molecule has 0 fully saturated rings. The van der Waals surface area contributed by atoms with E-state index in [0.717, 1.165) is 12.1 Å². The number of sulfonamides is 1. The summed E-state index contributed by atoms with van der Waals surface area (Å²) in [7, 11) is -3.68. The van der Waals surface area contributed by atoms with Gasteiger partial charge in [0.25, 0.3) is 0 Å². The standard InChI is InChI=1S/C14H20FNO4S/c1-10(14(17)18)4-3-5-11(2)16-21(19,20)13-8-6-12(15)7-9-13/h6-11,16H,3-5H2,1-2H3,(H,17,18). The maximum atomic E-state index is 12.8. The maximum Gasteiger partial charge on any atom is 0.306 e. The topological polar surface area (TPSA) is 83.5 Å². The molecule has 1 aromatic rings. The highest BCUT2D eigenvalue weighted by Gasteiger charge is 2.18. The minimum atomic E-state index is -3.68. The van der Waals surface area contributed by atoms with Gasteiger partial charge < -0.3 is 5.11 Å². The summed E-state index contributed by atoms with van der Waals surface area (Å²) >= 11 is 0. The van der Waals surface area contributed by atoms with Gasteiger partial charge in [-0.15, -0.1) is 0 Å². The van der Waals surface area contributed by atoms with Gasteiger partial charge in [0.1, 0.15) is 5.82 Å². The largest absolute Gasteiger partial charge is 0.481 e. The molecule has 1 rings (SSSR count). The van der Waals surface area contributed by atoms with E-state index < -0.39 is 27.7 Å². The smallest absolute Gasteiger partial charge is 0.306 e. The third kappa shape index (κ3) is 5.81. The van der Waals surface area contributed by atoms with E-state index in [1.54, 1.807) is 13.8 Å². The van der Waals surface area contributed by atoms with Crippen LogP contribution in [0.1, 0.15) is 33.1 Å². The number of hydrogen-bond acceptors (Lipinski definition) is 3. The van der Waals surface area contributed by atoms with Crippen LogP contribution in [-0.4, -0.2) is 25.5 Å². The molecule has 0 aliphatic heterocycles. The number of carboxylic acid groups (broad SMARTS) is 1. The average Bonchev–Trinajstić information content (AvgIpc) is 2.38. The van der Waals surface area contributed by atoms with Crippen molar-refractivity contribution >= 4 is 16.0 Å². The van der Waals surface area contributed by atoms with Crippen LogP contribution in [0, 0.1) is 11.7 Å². The predicted octanol–water partition coefficient (Wildman–Crippen LogP) is 2.38. The number of benzene rings is 1. The van der Waals surface area contributed by atoms with E-state index in [4.69, 9.17) is 5.11 Å². The predicted molar refractivity (Wildman–Crippen MR) is 76.8 cm³/mol. The molecule has 0 aliphatic carbocycles. The molecule has 0 bridgehead atoms. The van der Waals surface area contributed by atoms with Crippen LogP contribution in [-0.2, 0) is 14.8 Å². The van der Waals surface area contributed by atoms with E-state index in [-0.39, 0.29) is 10.9 Å². The summed E-state index contributed by atoms with van der Waals surface area (Å²) in [5.74, 6) is -1.79. The van der Waals surface area contributed by atoms with Crippen molar-refractivity contribution < 1.29 is 22.7 Å². The lowest BCUT2D eigenvalue weighted by molar-refractivity contribution is -0.141. The minimum Gasteiger partial charge on any atom is -0.481 e. The second-order valence-corrected chi connectivity index (χ2v) is 6.86. The number of nitrogens with one attached hydrogen (secondary N) is 1. The lowest BCUT2D eigenvalue weighted by Gasteiger charge is -2.15. The SMILES string of the molecule is CC(CCCC(C)C(=O)O)NS(=O)(=O)c1ccc(F)cc1.